The van der Waals surface area contributed by atoms with E-state index in [0.717, 1.165) is 29.5 Å². The molecule has 3 aliphatic carbocycles. The van der Waals surface area contributed by atoms with Crippen LogP contribution < -0.4 is 5.32 Å². The summed E-state index contributed by atoms with van der Waals surface area (Å²) < 4.78 is 15.8. The van der Waals surface area contributed by atoms with E-state index in [1.807, 2.05) is 12.1 Å². The molecule has 2 heterocycles. The molecule has 1 aromatic carbocycles. The number of halogens is 1. The van der Waals surface area contributed by atoms with Crippen LogP contribution in [0.4, 0.5) is 10.2 Å². The SMILES string of the molecule is Fc1ccccc1-c1nnc2ccc(NC3C4C5CCC(C5)C34)nn12. The number of rotatable bonds is 3. The lowest BCUT2D eigenvalue weighted by molar-refractivity contribution is 0.456. The Morgan fingerprint density at radius 1 is 1.00 bits per heavy atom. The van der Waals surface area contributed by atoms with Gasteiger partial charge in [-0.3, -0.25) is 0 Å². The van der Waals surface area contributed by atoms with Gasteiger partial charge in [-0.15, -0.1) is 15.3 Å². The van der Waals surface area contributed by atoms with Crippen LogP contribution in [0, 0.1) is 29.5 Å². The van der Waals surface area contributed by atoms with Gasteiger partial charge < -0.3 is 5.32 Å². The second kappa shape index (κ2) is 4.77. The molecule has 126 valence electrons. The second-order valence-electron chi connectivity index (χ2n) is 7.65. The van der Waals surface area contributed by atoms with Gasteiger partial charge in [0.25, 0.3) is 0 Å². The lowest BCUT2D eigenvalue weighted by Gasteiger charge is -2.11. The third kappa shape index (κ3) is 1.91. The Kier molecular flexibility index (Phi) is 2.63. The van der Waals surface area contributed by atoms with E-state index in [1.165, 1.54) is 25.3 Å². The molecule has 6 rings (SSSR count). The van der Waals surface area contributed by atoms with E-state index in [1.54, 1.807) is 22.7 Å². The van der Waals surface area contributed by atoms with E-state index in [-0.39, 0.29) is 5.82 Å². The molecule has 3 aromatic rings. The average Bonchev–Trinajstić information content (AvgIpc) is 2.99. The van der Waals surface area contributed by atoms with Gasteiger partial charge in [0.2, 0.25) is 0 Å². The summed E-state index contributed by atoms with van der Waals surface area (Å²) >= 11 is 0. The summed E-state index contributed by atoms with van der Waals surface area (Å²) in [7, 11) is 0. The highest BCUT2D eigenvalue weighted by Gasteiger charge is 2.65. The van der Waals surface area contributed by atoms with Gasteiger partial charge in [-0.2, -0.15) is 4.52 Å². The Balaban J connectivity index is 1.35. The van der Waals surface area contributed by atoms with Crippen LogP contribution in [0.5, 0.6) is 0 Å². The van der Waals surface area contributed by atoms with E-state index in [9.17, 15) is 4.39 Å². The van der Waals surface area contributed by atoms with Crippen molar-refractivity contribution in [3.63, 3.8) is 0 Å². The van der Waals surface area contributed by atoms with E-state index in [4.69, 9.17) is 0 Å². The quantitative estimate of drug-likeness (QED) is 0.797. The van der Waals surface area contributed by atoms with Crippen LogP contribution in [0.15, 0.2) is 36.4 Å². The van der Waals surface area contributed by atoms with Crippen molar-refractivity contribution in [2.24, 2.45) is 23.7 Å². The Morgan fingerprint density at radius 2 is 1.80 bits per heavy atom. The molecule has 25 heavy (non-hydrogen) atoms. The highest BCUT2D eigenvalue weighted by molar-refractivity contribution is 5.60. The van der Waals surface area contributed by atoms with Crippen LogP contribution in [0.25, 0.3) is 17.0 Å². The largest absolute Gasteiger partial charge is 0.365 e. The molecule has 0 spiro atoms. The highest BCUT2D eigenvalue weighted by atomic mass is 19.1. The van der Waals surface area contributed by atoms with Gasteiger partial charge in [0.1, 0.15) is 11.6 Å². The fourth-order valence-corrected chi connectivity index (χ4v) is 5.37. The van der Waals surface area contributed by atoms with E-state index >= 15 is 0 Å². The predicted molar refractivity (Wildman–Crippen MR) is 91.4 cm³/mol. The van der Waals surface area contributed by atoms with Crippen LogP contribution in [-0.2, 0) is 0 Å². The van der Waals surface area contributed by atoms with Gasteiger partial charge >= 0.3 is 0 Å². The number of anilines is 1. The molecular weight excluding hydrogens is 317 g/mol. The number of nitrogens with one attached hydrogen (secondary N) is 1. The van der Waals surface area contributed by atoms with Crippen LogP contribution in [0.2, 0.25) is 0 Å². The number of hydrogen-bond acceptors (Lipinski definition) is 4. The maximum atomic E-state index is 14.1. The number of benzene rings is 1. The van der Waals surface area contributed by atoms with Crippen molar-refractivity contribution in [1.82, 2.24) is 19.8 Å². The van der Waals surface area contributed by atoms with Gasteiger partial charge in [-0.1, -0.05) is 12.1 Å². The van der Waals surface area contributed by atoms with Crippen molar-refractivity contribution in [1.29, 1.82) is 0 Å². The third-order valence-electron chi connectivity index (χ3n) is 6.43. The highest BCUT2D eigenvalue weighted by Crippen LogP contribution is 2.66. The van der Waals surface area contributed by atoms with Crippen molar-refractivity contribution in [3.05, 3.63) is 42.2 Å². The molecule has 3 fully saturated rings. The van der Waals surface area contributed by atoms with Gasteiger partial charge in [-0.05, 0) is 67.2 Å². The molecule has 4 atom stereocenters. The number of nitrogens with zero attached hydrogens (tertiary/aromatic N) is 4. The van der Waals surface area contributed by atoms with Crippen molar-refractivity contribution >= 4 is 11.5 Å². The minimum Gasteiger partial charge on any atom is -0.365 e. The van der Waals surface area contributed by atoms with Gasteiger partial charge in [0.05, 0.1) is 5.56 Å². The van der Waals surface area contributed by atoms with Gasteiger partial charge in [-0.25, -0.2) is 4.39 Å². The zero-order valence-electron chi connectivity index (χ0n) is 13.6. The van der Waals surface area contributed by atoms with Crippen LogP contribution in [0.3, 0.4) is 0 Å². The minimum absolute atomic E-state index is 0.315. The lowest BCUT2D eigenvalue weighted by Crippen LogP contribution is -2.14. The second-order valence-corrected chi connectivity index (χ2v) is 7.65. The number of hydrogen-bond donors (Lipinski definition) is 1. The molecule has 6 heteroatoms. The first kappa shape index (κ1) is 13.8. The van der Waals surface area contributed by atoms with E-state index < -0.39 is 0 Å². The summed E-state index contributed by atoms with van der Waals surface area (Å²) in [5, 5.41) is 16.5. The van der Waals surface area contributed by atoms with Crippen LogP contribution in [-0.4, -0.2) is 25.9 Å². The van der Waals surface area contributed by atoms with E-state index in [0.29, 0.717) is 23.1 Å². The third-order valence-corrected chi connectivity index (χ3v) is 6.43. The van der Waals surface area contributed by atoms with Crippen molar-refractivity contribution < 1.29 is 4.39 Å². The van der Waals surface area contributed by atoms with Crippen molar-refractivity contribution in [3.8, 4) is 11.4 Å². The number of fused-ring (bicyclic) bond motifs is 6. The molecule has 4 unspecified atom stereocenters. The number of aromatic nitrogens is 4. The molecule has 0 saturated heterocycles. The summed E-state index contributed by atoms with van der Waals surface area (Å²) in [6.45, 7) is 0. The summed E-state index contributed by atoms with van der Waals surface area (Å²) in [6, 6.07) is 11.0. The molecular formula is C19H18FN5. The van der Waals surface area contributed by atoms with E-state index in [2.05, 4.69) is 20.6 Å². The molecule has 2 bridgehead atoms. The minimum atomic E-state index is -0.315. The molecule has 0 aliphatic heterocycles. The first-order valence-electron chi connectivity index (χ1n) is 9.03. The Labute approximate surface area is 144 Å². The molecule has 3 aliphatic rings. The zero-order valence-corrected chi connectivity index (χ0v) is 13.6. The molecule has 5 nitrogen and oxygen atoms in total. The Hall–Kier alpha value is -2.50. The first-order valence-corrected chi connectivity index (χ1v) is 9.03. The lowest BCUT2D eigenvalue weighted by atomic mass is 10.0. The maximum absolute atomic E-state index is 14.1. The van der Waals surface area contributed by atoms with Gasteiger partial charge in [0.15, 0.2) is 11.5 Å². The summed E-state index contributed by atoms with van der Waals surface area (Å²) in [4.78, 5) is 0. The van der Waals surface area contributed by atoms with Crippen molar-refractivity contribution in [2.75, 3.05) is 5.32 Å². The van der Waals surface area contributed by atoms with Crippen LogP contribution >= 0.6 is 0 Å². The monoisotopic (exact) mass is 335 g/mol. The normalized spacial score (nSPS) is 32.1. The fraction of sp³-hybridized carbons (Fsp3) is 0.421. The molecule has 2 aromatic heterocycles. The Bertz CT molecular complexity index is 967. The zero-order chi connectivity index (χ0) is 16.5. The van der Waals surface area contributed by atoms with Crippen LogP contribution in [0.1, 0.15) is 19.3 Å². The topological polar surface area (TPSA) is 55.1 Å². The summed E-state index contributed by atoms with van der Waals surface area (Å²) in [5.41, 5.74) is 1.04. The van der Waals surface area contributed by atoms with Gasteiger partial charge in [0, 0.05) is 6.04 Å². The van der Waals surface area contributed by atoms with Crippen molar-refractivity contribution in [2.45, 2.75) is 25.3 Å². The molecule has 3 saturated carbocycles. The molecule has 1 N–H and O–H groups in total. The predicted octanol–water partition coefficient (Wildman–Crippen LogP) is 3.39. The maximum Gasteiger partial charge on any atom is 0.188 e. The average molecular weight is 335 g/mol. The fourth-order valence-electron chi connectivity index (χ4n) is 5.37. The molecule has 0 amide bonds. The summed E-state index contributed by atoms with van der Waals surface area (Å²) in [6.07, 6.45) is 4.24. The Morgan fingerprint density at radius 3 is 2.60 bits per heavy atom. The smallest absolute Gasteiger partial charge is 0.188 e. The standard InChI is InChI=1S/C19H18FN5/c20-13-4-2-1-3-12(13)19-23-22-15-8-7-14(24-25(15)19)21-18-16-10-5-6-11(9-10)17(16)18/h1-4,7-8,10-11,16-18H,5-6,9H2,(H,21,24). The first-order chi connectivity index (χ1) is 12.3. The summed E-state index contributed by atoms with van der Waals surface area (Å²) in [5.74, 6) is 4.45. The molecule has 0 radical (unpaired) electrons.